The number of hydrogen-bond acceptors (Lipinski definition) is 6. The van der Waals surface area contributed by atoms with Crippen molar-refractivity contribution in [3.8, 4) is 0 Å². The first-order chi connectivity index (χ1) is 15.1. The number of thiophene rings is 1. The molecule has 11 heteroatoms. The number of sulfonamides is 1. The van der Waals surface area contributed by atoms with Crippen LogP contribution in [0.3, 0.4) is 0 Å². The van der Waals surface area contributed by atoms with E-state index in [0.29, 0.717) is 35.8 Å². The molecule has 0 radical (unpaired) electrons. The maximum Gasteiger partial charge on any atom is 0.270 e. The molecule has 2 aromatic rings. The maximum absolute atomic E-state index is 13.1. The van der Waals surface area contributed by atoms with E-state index in [2.05, 4.69) is 6.58 Å². The summed E-state index contributed by atoms with van der Waals surface area (Å²) in [7, 11) is -3.90. The van der Waals surface area contributed by atoms with Crippen LogP contribution in [-0.4, -0.2) is 48.1 Å². The summed E-state index contributed by atoms with van der Waals surface area (Å²) in [6.07, 6.45) is 2.42. The number of piperidine rings is 1. The summed E-state index contributed by atoms with van der Waals surface area (Å²) in [5.41, 5.74) is 0.175. The van der Waals surface area contributed by atoms with Gasteiger partial charge in [-0.05, 0) is 37.5 Å². The highest BCUT2D eigenvalue weighted by molar-refractivity contribution is 7.89. The van der Waals surface area contributed by atoms with Crippen LogP contribution >= 0.6 is 22.9 Å². The van der Waals surface area contributed by atoms with Crippen LogP contribution in [0, 0.1) is 23.0 Å². The van der Waals surface area contributed by atoms with Gasteiger partial charge in [-0.25, -0.2) is 8.42 Å². The first-order valence-corrected chi connectivity index (χ1v) is 12.7. The fourth-order valence-corrected chi connectivity index (χ4v) is 6.55. The van der Waals surface area contributed by atoms with Gasteiger partial charge in [0.25, 0.3) is 5.69 Å². The monoisotopic (exact) mass is 497 g/mol. The largest absolute Gasteiger partial charge is 0.334 e. The normalized spacial score (nSPS) is 15.4. The molecule has 1 aliphatic heterocycles. The van der Waals surface area contributed by atoms with E-state index in [0.717, 1.165) is 10.9 Å². The molecule has 3 rings (SSSR count). The summed E-state index contributed by atoms with van der Waals surface area (Å²) in [4.78, 5) is 26.2. The van der Waals surface area contributed by atoms with Crippen LogP contribution in [0.15, 0.2) is 47.9 Å². The van der Waals surface area contributed by atoms with Gasteiger partial charge in [0.15, 0.2) is 0 Å². The van der Waals surface area contributed by atoms with E-state index in [4.69, 9.17) is 11.6 Å². The third-order valence-electron chi connectivity index (χ3n) is 5.44. The Morgan fingerprint density at radius 2 is 2.03 bits per heavy atom. The Kier molecular flexibility index (Phi) is 7.71. The molecule has 1 aliphatic rings. The van der Waals surface area contributed by atoms with Crippen molar-refractivity contribution in [3.05, 3.63) is 67.9 Å². The lowest BCUT2D eigenvalue weighted by molar-refractivity contribution is -0.385. The lowest BCUT2D eigenvalue weighted by atomic mass is 9.96. The second-order valence-corrected chi connectivity index (χ2v) is 11.3. The molecule has 2 heterocycles. The van der Waals surface area contributed by atoms with Crippen LogP contribution in [0.4, 0.5) is 5.69 Å². The third kappa shape index (κ3) is 5.37. The van der Waals surface area contributed by atoms with Crippen molar-refractivity contribution < 1.29 is 18.1 Å². The molecule has 8 nitrogen and oxygen atoms in total. The number of non-ortho nitro benzene ring substituents is 1. The van der Waals surface area contributed by atoms with E-state index in [1.807, 2.05) is 6.07 Å². The molecule has 1 amide bonds. The van der Waals surface area contributed by atoms with Crippen LogP contribution in [-0.2, 0) is 21.4 Å². The molecule has 1 saturated heterocycles. The molecule has 0 spiro atoms. The fourth-order valence-electron chi connectivity index (χ4n) is 3.73. The number of nitro groups is 1. The SMILES string of the molecule is C=CCN(Cc1ccc(Cl)s1)C(=O)C1CCN(S(=O)(=O)c2cc([N+](=O)[O-])ccc2C)CC1. The highest BCUT2D eigenvalue weighted by Crippen LogP contribution is 2.30. The first kappa shape index (κ1) is 24.4. The highest BCUT2D eigenvalue weighted by atomic mass is 35.5. The highest BCUT2D eigenvalue weighted by Gasteiger charge is 2.35. The molecule has 0 aliphatic carbocycles. The molecule has 1 aromatic carbocycles. The van der Waals surface area contributed by atoms with Crippen LogP contribution in [0.1, 0.15) is 23.3 Å². The number of aryl methyl sites for hydroxylation is 1. The average molecular weight is 498 g/mol. The average Bonchev–Trinajstić information content (AvgIpc) is 3.17. The van der Waals surface area contributed by atoms with Crippen molar-refractivity contribution in [2.75, 3.05) is 19.6 Å². The number of nitro benzene ring substituents is 1. The van der Waals surface area contributed by atoms with Crippen LogP contribution < -0.4 is 0 Å². The van der Waals surface area contributed by atoms with E-state index >= 15 is 0 Å². The molecule has 0 bridgehead atoms. The Bertz CT molecular complexity index is 1120. The van der Waals surface area contributed by atoms with E-state index < -0.39 is 14.9 Å². The number of nitrogens with zero attached hydrogens (tertiary/aromatic N) is 3. The van der Waals surface area contributed by atoms with Gasteiger partial charge in [0, 0.05) is 42.6 Å². The van der Waals surface area contributed by atoms with E-state index in [1.54, 1.807) is 24.0 Å². The topological polar surface area (TPSA) is 101 Å². The Labute approximate surface area is 196 Å². The van der Waals surface area contributed by atoms with Gasteiger partial charge in [-0.15, -0.1) is 17.9 Å². The predicted molar refractivity (Wildman–Crippen MR) is 124 cm³/mol. The zero-order valence-corrected chi connectivity index (χ0v) is 20.0. The number of amides is 1. The molecule has 1 aromatic heterocycles. The molecule has 1 fully saturated rings. The molecule has 0 atom stereocenters. The van der Waals surface area contributed by atoms with E-state index in [9.17, 15) is 23.3 Å². The molecule has 172 valence electrons. The number of carbonyl (C=O) groups is 1. The summed E-state index contributed by atoms with van der Waals surface area (Å²) in [6.45, 7) is 6.50. The van der Waals surface area contributed by atoms with E-state index in [-0.39, 0.29) is 35.5 Å². The number of rotatable bonds is 8. The molecule has 0 N–H and O–H groups in total. The second kappa shape index (κ2) is 10.1. The molecular weight excluding hydrogens is 474 g/mol. The minimum atomic E-state index is -3.90. The summed E-state index contributed by atoms with van der Waals surface area (Å²) in [6, 6.07) is 7.49. The number of benzene rings is 1. The van der Waals surface area contributed by atoms with Gasteiger partial charge in [-0.1, -0.05) is 23.7 Å². The van der Waals surface area contributed by atoms with Crippen molar-refractivity contribution in [1.82, 2.24) is 9.21 Å². The van der Waals surface area contributed by atoms with Gasteiger partial charge in [0.1, 0.15) is 0 Å². The maximum atomic E-state index is 13.1. The molecule has 0 unspecified atom stereocenters. The summed E-state index contributed by atoms with van der Waals surface area (Å²) in [5, 5.41) is 11.1. The van der Waals surface area contributed by atoms with Crippen molar-refractivity contribution in [1.29, 1.82) is 0 Å². The van der Waals surface area contributed by atoms with Crippen molar-refractivity contribution in [3.63, 3.8) is 0 Å². The second-order valence-electron chi connectivity index (χ2n) is 7.60. The quantitative estimate of drug-likeness (QED) is 0.308. The Morgan fingerprint density at radius 1 is 1.34 bits per heavy atom. The third-order valence-corrected chi connectivity index (χ3v) is 8.70. The van der Waals surface area contributed by atoms with Crippen LogP contribution in [0.25, 0.3) is 0 Å². The summed E-state index contributed by atoms with van der Waals surface area (Å²) in [5.74, 6) is -0.346. The number of halogens is 1. The zero-order chi connectivity index (χ0) is 23.5. The Balaban J connectivity index is 1.70. The zero-order valence-electron chi connectivity index (χ0n) is 17.6. The van der Waals surface area contributed by atoms with Crippen LogP contribution in [0.5, 0.6) is 0 Å². The fraction of sp³-hybridized carbons (Fsp3) is 0.381. The molecular formula is C21H24ClN3O5S2. The smallest absolute Gasteiger partial charge is 0.270 e. The number of hydrogen-bond donors (Lipinski definition) is 0. The predicted octanol–water partition coefficient (Wildman–Crippen LogP) is 4.23. The van der Waals surface area contributed by atoms with Gasteiger partial charge < -0.3 is 4.90 Å². The lowest BCUT2D eigenvalue weighted by Gasteiger charge is -2.33. The minimum absolute atomic E-state index is 0.0435. The molecule has 0 saturated carbocycles. The lowest BCUT2D eigenvalue weighted by Crippen LogP contribution is -2.44. The Hall–Kier alpha value is -2.27. The summed E-state index contributed by atoms with van der Waals surface area (Å²) < 4.78 is 28.2. The molecule has 32 heavy (non-hydrogen) atoms. The Morgan fingerprint density at radius 3 is 2.59 bits per heavy atom. The van der Waals surface area contributed by atoms with Crippen LogP contribution in [0.2, 0.25) is 4.34 Å². The number of carbonyl (C=O) groups excluding carboxylic acids is 1. The van der Waals surface area contributed by atoms with Gasteiger partial charge in [0.05, 0.1) is 20.7 Å². The standard InChI is InChI=1S/C21H24ClN3O5S2/c1-3-10-23(14-18-6-7-20(22)31-18)21(26)16-8-11-24(12-9-16)32(29,30)19-13-17(25(27)28)5-4-15(19)2/h3-7,13,16H,1,8-12,14H2,2H3. The summed E-state index contributed by atoms with van der Waals surface area (Å²) >= 11 is 7.41. The van der Waals surface area contributed by atoms with E-state index in [1.165, 1.54) is 27.8 Å². The van der Waals surface area contributed by atoms with Gasteiger partial charge in [0.2, 0.25) is 15.9 Å². The van der Waals surface area contributed by atoms with Gasteiger partial charge in [-0.2, -0.15) is 4.31 Å². The minimum Gasteiger partial charge on any atom is -0.334 e. The van der Waals surface area contributed by atoms with Crippen molar-refractivity contribution >= 4 is 44.6 Å². The van der Waals surface area contributed by atoms with Crippen molar-refractivity contribution in [2.45, 2.75) is 31.2 Å². The van der Waals surface area contributed by atoms with Crippen molar-refractivity contribution in [2.24, 2.45) is 5.92 Å². The van der Waals surface area contributed by atoms with Gasteiger partial charge in [-0.3, -0.25) is 14.9 Å². The van der Waals surface area contributed by atoms with Gasteiger partial charge >= 0.3 is 0 Å². The first-order valence-electron chi connectivity index (χ1n) is 10.0.